The van der Waals surface area contributed by atoms with Crippen LogP contribution in [0.5, 0.6) is 5.75 Å². The van der Waals surface area contributed by atoms with Crippen molar-refractivity contribution in [2.24, 2.45) is 0 Å². The number of benzene rings is 2. The average molecular weight is 446 g/mol. The van der Waals surface area contributed by atoms with E-state index in [4.69, 9.17) is 9.47 Å². The molecule has 1 unspecified atom stereocenters. The maximum atomic E-state index is 13.0. The molecular formula is C22H24FN3O2S2. The van der Waals surface area contributed by atoms with Crippen LogP contribution in [0.2, 0.25) is 0 Å². The van der Waals surface area contributed by atoms with Gasteiger partial charge in [0.25, 0.3) is 0 Å². The quantitative estimate of drug-likeness (QED) is 0.335. The van der Waals surface area contributed by atoms with Gasteiger partial charge in [0.05, 0.1) is 19.8 Å². The number of halogens is 1. The van der Waals surface area contributed by atoms with E-state index in [9.17, 15) is 4.39 Å². The van der Waals surface area contributed by atoms with Gasteiger partial charge < -0.3 is 9.47 Å². The maximum Gasteiger partial charge on any atom is 0.191 e. The Balaban J connectivity index is 1.45. The van der Waals surface area contributed by atoms with Crippen LogP contribution in [0, 0.1) is 5.82 Å². The summed E-state index contributed by atoms with van der Waals surface area (Å²) >= 11 is 3.40. The first-order chi connectivity index (χ1) is 14.7. The minimum Gasteiger partial charge on any atom is -0.497 e. The second-order valence-electron chi connectivity index (χ2n) is 6.93. The van der Waals surface area contributed by atoms with Crippen LogP contribution >= 0.6 is 23.5 Å². The molecule has 1 aliphatic heterocycles. The van der Waals surface area contributed by atoms with E-state index in [1.54, 1.807) is 30.6 Å². The van der Waals surface area contributed by atoms with Crippen molar-refractivity contribution in [3.8, 4) is 17.1 Å². The van der Waals surface area contributed by atoms with Crippen LogP contribution in [0.4, 0.5) is 4.39 Å². The van der Waals surface area contributed by atoms with Crippen LogP contribution in [0.25, 0.3) is 11.4 Å². The summed E-state index contributed by atoms with van der Waals surface area (Å²) in [4.78, 5) is 1.07. The first-order valence-corrected chi connectivity index (χ1v) is 11.9. The van der Waals surface area contributed by atoms with Crippen LogP contribution in [-0.2, 0) is 11.3 Å². The Hall–Kier alpha value is -2.03. The number of hydrogen-bond acceptors (Lipinski definition) is 6. The third-order valence-corrected chi connectivity index (χ3v) is 7.11. The summed E-state index contributed by atoms with van der Waals surface area (Å²) in [5, 5.41) is 9.84. The SMILES string of the molecule is COc1ccc(-c2nnc(SCCSc3ccc(F)cc3)n2CC2CCCO2)cc1. The number of rotatable bonds is 9. The van der Waals surface area contributed by atoms with Crippen LogP contribution in [-0.4, -0.2) is 46.1 Å². The molecule has 4 rings (SSSR count). The molecule has 1 atom stereocenters. The summed E-state index contributed by atoms with van der Waals surface area (Å²) in [6.45, 7) is 1.57. The number of ether oxygens (including phenoxy) is 2. The van der Waals surface area contributed by atoms with Gasteiger partial charge >= 0.3 is 0 Å². The summed E-state index contributed by atoms with van der Waals surface area (Å²) in [6.07, 6.45) is 2.36. The number of nitrogens with zero attached hydrogens (tertiary/aromatic N) is 3. The lowest BCUT2D eigenvalue weighted by Gasteiger charge is -2.15. The number of thioether (sulfide) groups is 2. The van der Waals surface area contributed by atoms with E-state index in [0.29, 0.717) is 0 Å². The van der Waals surface area contributed by atoms with Crippen molar-refractivity contribution in [2.75, 3.05) is 25.2 Å². The van der Waals surface area contributed by atoms with Gasteiger partial charge in [-0.1, -0.05) is 11.8 Å². The summed E-state index contributed by atoms with van der Waals surface area (Å²) in [7, 11) is 1.66. The van der Waals surface area contributed by atoms with Gasteiger partial charge in [-0.3, -0.25) is 4.57 Å². The molecule has 158 valence electrons. The molecule has 0 amide bonds. The Morgan fingerprint density at radius 2 is 1.83 bits per heavy atom. The van der Waals surface area contributed by atoms with Crippen LogP contribution in [0.1, 0.15) is 12.8 Å². The number of aromatic nitrogens is 3. The smallest absolute Gasteiger partial charge is 0.191 e. The zero-order chi connectivity index (χ0) is 20.8. The van der Waals surface area contributed by atoms with E-state index in [2.05, 4.69) is 14.8 Å². The minimum absolute atomic E-state index is 0.200. The molecule has 0 aliphatic carbocycles. The molecule has 0 radical (unpaired) electrons. The molecule has 2 heterocycles. The molecular weight excluding hydrogens is 421 g/mol. The van der Waals surface area contributed by atoms with Crippen molar-refractivity contribution in [1.82, 2.24) is 14.8 Å². The number of methoxy groups -OCH3 is 1. The van der Waals surface area contributed by atoms with Gasteiger partial charge in [0, 0.05) is 28.6 Å². The van der Waals surface area contributed by atoms with Gasteiger partial charge in [0.15, 0.2) is 11.0 Å². The highest BCUT2D eigenvalue weighted by Gasteiger charge is 2.21. The van der Waals surface area contributed by atoms with Crippen LogP contribution < -0.4 is 4.74 Å². The van der Waals surface area contributed by atoms with Gasteiger partial charge in [-0.05, 0) is 61.4 Å². The fourth-order valence-corrected chi connectivity index (χ4v) is 5.16. The monoisotopic (exact) mass is 445 g/mol. The summed E-state index contributed by atoms with van der Waals surface area (Å²) in [6, 6.07) is 14.5. The molecule has 1 aromatic heterocycles. The normalized spacial score (nSPS) is 16.1. The lowest BCUT2D eigenvalue weighted by atomic mass is 10.2. The first-order valence-electron chi connectivity index (χ1n) is 9.93. The lowest BCUT2D eigenvalue weighted by molar-refractivity contribution is 0.0953. The zero-order valence-corrected chi connectivity index (χ0v) is 18.4. The predicted octanol–water partition coefficient (Wildman–Crippen LogP) is 5.16. The highest BCUT2D eigenvalue weighted by molar-refractivity contribution is 8.02. The molecule has 2 aromatic carbocycles. The third-order valence-electron chi connectivity index (χ3n) is 4.87. The minimum atomic E-state index is -0.206. The van der Waals surface area contributed by atoms with E-state index in [-0.39, 0.29) is 11.9 Å². The van der Waals surface area contributed by atoms with E-state index < -0.39 is 0 Å². The maximum absolute atomic E-state index is 13.0. The Morgan fingerprint density at radius 1 is 1.07 bits per heavy atom. The molecule has 5 nitrogen and oxygen atoms in total. The van der Waals surface area contributed by atoms with Crippen molar-refractivity contribution < 1.29 is 13.9 Å². The van der Waals surface area contributed by atoms with E-state index in [0.717, 1.165) is 64.7 Å². The molecule has 1 fully saturated rings. The Kier molecular flexibility index (Phi) is 7.30. The molecule has 1 saturated heterocycles. The third kappa shape index (κ3) is 5.36. The number of hydrogen-bond donors (Lipinski definition) is 0. The van der Waals surface area contributed by atoms with Gasteiger partial charge in [-0.25, -0.2) is 4.39 Å². The molecule has 0 N–H and O–H groups in total. The van der Waals surface area contributed by atoms with E-state index >= 15 is 0 Å². The molecule has 30 heavy (non-hydrogen) atoms. The fraction of sp³-hybridized carbons (Fsp3) is 0.364. The first kappa shape index (κ1) is 21.2. The van der Waals surface area contributed by atoms with Crippen molar-refractivity contribution in [3.63, 3.8) is 0 Å². The second kappa shape index (κ2) is 10.3. The van der Waals surface area contributed by atoms with Crippen molar-refractivity contribution in [3.05, 3.63) is 54.3 Å². The predicted molar refractivity (Wildman–Crippen MR) is 119 cm³/mol. The summed E-state index contributed by atoms with van der Waals surface area (Å²) in [5.41, 5.74) is 1.01. The van der Waals surface area contributed by atoms with Gasteiger partial charge in [-0.15, -0.1) is 22.0 Å². The van der Waals surface area contributed by atoms with Crippen LogP contribution in [0.15, 0.2) is 58.6 Å². The second-order valence-corrected chi connectivity index (χ2v) is 9.16. The van der Waals surface area contributed by atoms with Crippen LogP contribution in [0.3, 0.4) is 0 Å². The topological polar surface area (TPSA) is 49.2 Å². The van der Waals surface area contributed by atoms with Gasteiger partial charge in [0.1, 0.15) is 11.6 Å². The Labute approximate surface area is 184 Å². The Bertz CT molecular complexity index is 942. The van der Waals surface area contributed by atoms with E-state index in [1.165, 1.54) is 12.1 Å². The molecule has 0 saturated carbocycles. The average Bonchev–Trinajstić information content (AvgIpc) is 3.43. The van der Waals surface area contributed by atoms with E-state index in [1.807, 2.05) is 36.4 Å². The zero-order valence-electron chi connectivity index (χ0n) is 16.8. The summed E-state index contributed by atoms with van der Waals surface area (Å²) < 4.78 is 26.3. The molecule has 0 spiro atoms. The van der Waals surface area contributed by atoms with Crippen molar-refractivity contribution >= 4 is 23.5 Å². The highest BCUT2D eigenvalue weighted by atomic mass is 32.2. The summed E-state index contributed by atoms with van der Waals surface area (Å²) in [5.74, 6) is 3.25. The molecule has 3 aromatic rings. The molecule has 0 bridgehead atoms. The Morgan fingerprint density at radius 3 is 2.53 bits per heavy atom. The molecule has 8 heteroatoms. The lowest BCUT2D eigenvalue weighted by Crippen LogP contribution is -2.16. The largest absolute Gasteiger partial charge is 0.497 e. The highest BCUT2D eigenvalue weighted by Crippen LogP contribution is 2.29. The molecule has 1 aliphatic rings. The van der Waals surface area contributed by atoms with Gasteiger partial charge in [0.2, 0.25) is 0 Å². The van der Waals surface area contributed by atoms with Gasteiger partial charge in [-0.2, -0.15) is 0 Å². The standard InChI is InChI=1S/C22H24FN3O2S2/c1-27-18-8-4-16(5-9-18)21-24-25-22(26(21)15-19-3-2-12-28-19)30-14-13-29-20-10-6-17(23)7-11-20/h4-11,19H,2-3,12-15H2,1H3. The van der Waals surface area contributed by atoms with Crippen molar-refractivity contribution in [1.29, 1.82) is 0 Å². The van der Waals surface area contributed by atoms with Crippen molar-refractivity contribution in [2.45, 2.75) is 35.5 Å². The fourth-order valence-electron chi connectivity index (χ4n) is 3.33.